The van der Waals surface area contributed by atoms with Gasteiger partial charge in [-0.2, -0.15) is 8.42 Å². The largest absolute Gasteiger partial charge is 0.299 e. The fourth-order valence-corrected chi connectivity index (χ4v) is 3.82. The van der Waals surface area contributed by atoms with Crippen LogP contribution < -0.4 is 0 Å². The number of hydroxylamine groups is 2. The van der Waals surface area contributed by atoms with Gasteiger partial charge in [0.1, 0.15) is 0 Å². The van der Waals surface area contributed by atoms with Crippen LogP contribution in [0.3, 0.4) is 0 Å². The van der Waals surface area contributed by atoms with Crippen LogP contribution in [-0.2, 0) is 16.4 Å². The zero-order valence-electron chi connectivity index (χ0n) is 13.6. The van der Waals surface area contributed by atoms with Gasteiger partial charge in [0.25, 0.3) is 10.0 Å². The summed E-state index contributed by atoms with van der Waals surface area (Å²) in [6.45, 7) is 0. The number of sulfonamides is 1. The van der Waals surface area contributed by atoms with Crippen molar-refractivity contribution in [3.8, 4) is 11.1 Å². The van der Waals surface area contributed by atoms with Gasteiger partial charge in [0.15, 0.2) is 0 Å². The molecule has 7 heteroatoms. The van der Waals surface area contributed by atoms with E-state index in [1.54, 1.807) is 30.4 Å². The average molecular weight is 365 g/mol. The zero-order chi connectivity index (χ0) is 18.1. The molecule has 0 amide bonds. The molecule has 0 atom stereocenters. The summed E-state index contributed by atoms with van der Waals surface area (Å²) in [6, 6.07) is 13.0. The monoisotopic (exact) mass is 365 g/mol. The molecule has 0 saturated heterocycles. The summed E-state index contributed by atoms with van der Waals surface area (Å²) >= 11 is 0. The van der Waals surface area contributed by atoms with Gasteiger partial charge in [0, 0.05) is 6.20 Å². The Balaban J connectivity index is 1.61. The van der Waals surface area contributed by atoms with E-state index >= 15 is 0 Å². The molecule has 0 bridgehead atoms. The molecule has 2 aromatic rings. The lowest BCUT2D eigenvalue weighted by Gasteiger charge is -2.13. The summed E-state index contributed by atoms with van der Waals surface area (Å²) in [5, 5.41) is 14.0. The lowest BCUT2D eigenvalue weighted by molar-refractivity contribution is -0.000512. The first kappa shape index (κ1) is 16.4. The van der Waals surface area contributed by atoms with Crippen molar-refractivity contribution in [2.24, 2.45) is 9.63 Å². The first-order chi connectivity index (χ1) is 12.5. The smallest absolute Gasteiger partial charge is 0.284 e. The first-order valence-corrected chi connectivity index (χ1v) is 9.40. The highest BCUT2D eigenvalue weighted by atomic mass is 32.2. The Morgan fingerprint density at radius 3 is 2.69 bits per heavy atom. The molecule has 0 radical (unpaired) electrons. The number of hydrogen-bond donors (Lipinski definition) is 1. The second-order valence-electron chi connectivity index (χ2n) is 5.92. The molecule has 0 unspecified atom stereocenters. The number of nitrogens with zero attached hydrogens (tertiary/aromatic N) is 3. The highest BCUT2D eigenvalue weighted by molar-refractivity contribution is 7.90. The minimum Gasteiger partial charge on any atom is -0.284 e. The van der Waals surface area contributed by atoms with Gasteiger partial charge in [-0.3, -0.25) is 5.21 Å². The van der Waals surface area contributed by atoms with Crippen molar-refractivity contribution in [3.63, 3.8) is 0 Å². The van der Waals surface area contributed by atoms with Gasteiger partial charge in [-0.05, 0) is 53.0 Å². The molecule has 0 spiro atoms. The van der Waals surface area contributed by atoms with Crippen LogP contribution >= 0.6 is 0 Å². The summed E-state index contributed by atoms with van der Waals surface area (Å²) < 4.78 is 28.3. The second-order valence-corrected chi connectivity index (χ2v) is 7.51. The zero-order valence-corrected chi connectivity index (χ0v) is 14.5. The van der Waals surface area contributed by atoms with Crippen LogP contribution in [0.2, 0.25) is 0 Å². The van der Waals surface area contributed by atoms with Crippen LogP contribution in [0.4, 0.5) is 0 Å². The Bertz CT molecular complexity index is 1100. The average Bonchev–Trinajstić information content (AvgIpc) is 3.01. The number of hydrogen-bond acceptors (Lipinski definition) is 5. The molecule has 26 heavy (non-hydrogen) atoms. The van der Waals surface area contributed by atoms with Crippen LogP contribution in [0, 0.1) is 0 Å². The Hall–Kier alpha value is -3.03. The van der Waals surface area contributed by atoms with E-state index in [4.69, 9.17) is 0 Å². The molecular weight excluding hydrogens is 350 g/mol. The van der Waals surface area contributed by atoms with Gasteiger partial charge in [0.2, 0.25) is 0 Å². The fourth-order valence-electron chi connectivity index (χ4n) is 3.02. The number of rotatable bonds is 3. The third-order valence-electron chi connectivity index (χ3n) is 4.28. The van der Waals surface area contributed by atoms with Crippen LogP contribution in [-0.4, -0.2) is 18.7 Å². The van der Waals surface area contributed by atoms with Crippen molar-refractivity contribution in [2.75, 3.05) is 0 Å². The van der Waals surface area contributed by atoms with Gasteiger partial charge in [-0.1, -0.05) is 40.9 Å². The lowest BCUT2D eigenvalue weighted by Crippen LogP contribution is -2.10. The molecule has 1 aliphatic heterocycles. The molecule has 6 nitrogen and oxygen atoms in total. The topological polar surface area (TPSA) is 82.3 Å². The lowest BCUT2D eigenvalue weighted by atomic mass is 10.1. The molecule has 0 saturated carbocycles. The van der Waals surface area contributed by atoms with Gasteiger partial charge in [-0.25, -0.2) is 5.06 Å². The van der Waals surface area contributed by atoms with E-state index in [1.807, 2.05) is 30.3 Å². The second kappa shape index (κ2) is 6.36. The maximum Gasteiger partial charge on any atom is 0.299 e. The molecule has 2 aliphatic rings. The summed E-state index contributed by atoms with van der Waals surface area (Å²) in [5.41, 5.74) is 4.65. The van der Waals surface area contributed by atoms with Gasteiger partial charge >= 0.3 is 0 Å². The highest BCUT2D eigenvalue weighted by Crippen LogP contribution is 2.37. The Labute approximate surface area is 151 Å². The molecule has 1 N–H and O–H groups in total. The number of allylic oxidation sites excluding steroid dienone is 3. The normalized spacial score (nSPS) is 17.1. The fraction of sp³-hybridized carbons (Fsp3) is 0.0526. The van der Waals surface area contributed by atoms with Crippen molar-refractivity contribution >= 4 is 10.0 Å². The summed E-state index contributed by atoms with van der Waals surface area (Å²) in [4.78, 5) is 0.103. The molecule has 130 valence electrons. The highest BCUT2D eigenvalue weighted by Gasteiger charge is 2.21. The first-order valence-electron chi connectivity index (χ1n) is 7.96. The predicted molar refractivity (Wildman–Crippen MR) is 96.7 cm³/mol. The van der Waals surface area contributed by atoms with Crippen molar-refractivity contribution in [1.29, 1.82) is 0 Å². The quantitative estimate of drug-likeness (QED) is 0.711. The van der Waals surface area contributed by atoms with E-state index in [2.05, 4.69) is 9.63 Å². The van der Waals surface area contributed by atoms with E-state index in [1.165, 1.54) is 18.0 Å². The molecule has 0 aromatic heterocycles. The Morgan fingerprint density at radius 1 is 1.04 bits per heavy atom. The van der Waals surface area contributed by atoms with E-state index in [0.29, 0.717) is 12.1 Å². The van der Waals surface area contributed by atoms with Crippen molar-refractivity contribution in [2.45, 2.75) is 11.3 Å². The van der Waals surface area contributed by atoms with Crippen LogP contribution in [0.25, 0.3) is 11.1 Å². The molecule has 1 aliphatic carbocycles. The van der Waals surface area contributed by atoms with Gasteiger partial charge in [-0.15, -0.1) is 5.11 Å². The third-order valence-corrected chi connectivity index (χ3v) is 5.44. The number of benzene rings is 2. The minimum atomic E-state index is -3.92. The van der Waals surface area contributed by atoms with Crippen LogP contribution in [0.15, 0.2) is 93.3 Å². The molecule has 2 aromatic carbocycles. The summed E-state index contributed by atoms with van der Waals surface area (Å²) in [7, 11) is -3.92. The summed E-state index contributed by atoms with van der Waals surface area (Å²) in [5.74, 6) is 0. The van der Waals surface area contributed by atoms with E-state index in [0.717, 1.165) is 21.8 Å². The van der Waals surface area contributed by atoms with Crippen molar-refractivity contribution in [1.82, 2.24) is 5.06 Å². The van der Waals surface area contributed by atoms with Gasteiger partial charge < -0.3 is 0 Å². The van der Waals surface area contributed by atoms with E-state index in [9.17, 15) is 13.6 Å². The van der Waals surface area contributed by atoms with Crippen molar-refractivity contribution in [3.05, 3.63) is 89.9 Å². The van der Waals surface area contributed by atoms with Crippen molar-refractivity contribution < 1.29 is 13.6 Å². The molecular formula is C19H15N3O3S. The molecule has 1 heterocycles. The molecule has 0 fully saturated rings. The van der Waals surface area contributed by atoms with E-state index < -0.39 is 10.0 Å². The maximum absolute atomic E-state index is 12.4. The minimum absolute atomic E-state index is 0.103. The maximum atomic E-state index is 12.4. The third kappa shape index (κ3) is 2.98. The Morgan fingerprint density at radius 2 is 1.85 bits per heavy atom. The van der Waals surface area contributed by atoms with Gasteiger partial charge in [0.05, 0.1) is 16.8 Å². The number of fused-ring (bicyclic) bond motifs is 3. The summed E-state index contributed by atoms with van der Waals surface area (Å²) in [6.07, 6.45) is 8.20. The Kier molecular flexibility index (Phi) is 4.02. The SMILES string of the molecule is O=S(=O)(N=NC=C1C=CC=CN1O)c1ccc2c(c1)Cc1ccccc1-2. The molecule has 4 rings (SSSR count). The van der Waals surface area contributed by atoms with Crippen LogP contribution in [0.5, 0.6) is 0 Å². The standard InChI is InChI=1S/C19H15N3O3S/c23-22-10-4-3-6-16(22)13-20-21-26(24,25)17-8-9-19-15(12-17)11-14-5-1-2-7-18(14)19/h1-10,12-13,23H,11H2. The van der Waals surface area contributed by atoms with E-state index in [-0.39, 0.29) is 4.90 Å². The van der Waals surface area contributed by atoms with Crippen LogP contribution in [0.1, 0.15) is 11.1 Å². The predicted octanol–water partition coefficient (Wildman–Crippen LogP) is 4.01.